The van der Waals surface area contributed by atoms with Crippen LogP contribution in [0.1, 0.15) is 126 Å². The second-order valence-electron chi connectivity index (χ2n) is 30.6. The van der Waals surface area contributed by atoms with Gasteiger partial charge in [-0.2, -0.15) is 0 Å². The Bertz CT molecular complexity index is 4870. The molecule has 95 heavy (non-hydrogen) atoms. The van der Waals surface area contributed by atoms with Crippen LogP contribution in [0, 0.1) is 27.7 Å². The molecule has 4 aliphatic rings. The number of benzene rings is 10. The molecule has 0 saturated carbocycles. The molecule has 0 atom stereocenters. The molecule has 4 nitrogen and oxygen atoms in total. The number of aryl methyl sites for hydroxylation is 4. The van der Waals surface area contributed by atoms with Gasteiger partial charge < -0.3 is 19.4 Å². The van der Waals surface area contributed by atoms with Gasteiger partial charge in [0.25, 0.3) is 6.71 Å². The highest BCUT2D eigenvalue weighted by atomic mass is 15.3. The minimum Gasteiger partial charge on any atom is -0.361 e. The molecule has 10 aromatic rings. The van der Waals surface area contributed by atoms with Crippen molar-refractivity contribution in [3.05, 3.63) is 190 Å². The molecule has 0 unspecified atom stereocenters. The van der Waals surface area contributed by atoms with Crippen molar-refractivity contribution in [2.75, 3.05) is 19.4 Å². The van der Waals surface area contributed by atoms with E-state index in [0.717, 1.165) is 72.7 Å². The maximum absolute atomic E-state index is 7.45. The first-order valence-electron chi connectivity index (χ1n) is 32.9. The third kappa shape index (κ3) is 9.68. The minimum atomic E-state index is -0.881. The van der Waals surface area contributed by atoms with Crippen LogP contribution in [0.25, 0.3) is 22.3 Å². The molecular formula is C79H68B12N4. The molecule has 0 amide bonds. The van der Waals surface area contributed by atoms with Crippen LogP contribution >= 0.6 is 0 Å². The average Bonchev–Trinajstić information content (AvgIpc) is 1.67. The monoisotopic (exact) mass is 1200 g/mol. The van der Waals surface area contributed by atoms with E-state index in [1.165, 1.54) is 55.6 Å². The summed E-state index contributed by atoms with van der Waals surface area (Å²) in [5.41, 5.74) is 27.6. The summed E-state index contributed by atoms with van der Waals surface area (Å²) in [5.74, 6) is 0. The van der Waals surface area contributed by atoms with Crippen molar-refractivity contribution in [3.63, 3.8) is 0 Å². The van der Waals surface area contributed by atoms with Crippen molar-refractivity contribution in [3.8, 4) is 22.3 Å². The summed E-state index contributed by atoms with van der Waals surface area (Å²) in [6.07, 6.45) is 0. The summed E-state index contributed by atoms with van der Waals surface area (Å²) in [6.45, 7) is 32.6. The zero-order valence-electron chi connectivity index (χ0n) is 57.5. The van der Waals surface area contributed by atoms with Crippen LogP contribution in [-0.4, -0.2) is 92.2 Å². The minimum absolute atomic E-state index is 0.0866. The second-order valence-corrected chi connectivity index (χ2v) is 30.6. The van der Waals surface area contributed by atoms with Gasteiger partial charge in [0, 0.05) is 50.9 Å². The average molecular weight is 1200 g/mol. The van der Waals surface area contributed by atoms with E-state index in [0.29, 0.717) is 22.7 Å². The standard InChI is InChI=1S/C79H68B12N4/c1-39-31-48(32-40(2)61(39)43-21-17-16-18-22-43)93-55-33-44(76(5,6)7)25-28-53(55)90-54-37-57-58(38-56(54)92(59-34-46(78(11,12)13)35-60(93)73(59)90)47-26-27-50-49-23-19-20-24-51(49)79(14,15)52(50)36-47)95(75-70(88)66(84)63(81)67(85)71(75)89)91(72-41(3)29-45(30-42(72)4)77(8,9)10)94(57)74-68(86)64(82)62(80)65(83)69(74)87/h16-38H,1-15H3. The molecule has 14 rings (SSSR count). The molecule has 3 aliphatic heterocycles. The lowest BCUT2D eigenvalue weighted by molar-refractivity contribution is 0.589. The SMILES string of the molecule is [B]c1c([B])c([B])c(N2B(c3c(C)cc(C(C)(C)C)cc3C)N(c3c([B])c([B])c([B])c([B])c3[B])c3cc4c(cc32)B2c3ccc(C(C)(C)C)cc3N(c3cc(C)c(-c5ccccc5)c(C)c3)c3cc(C(C)(C)C)cc(c32)N4c2ccc3c(c2)C(C)(C)c2ccccc2-3)c([B])c1[B]. The number of hydrogen-bond acceptors (Lipinski definition) is 4. The first-order chi connectivity index (χ1) is 44.6. The van der Waals surface area contributed by atoms with Crippen LogP contribution < -0.4 is 95.9 Å². The van der Waals surface area contributed by atoms with E-state index in [2.05, 4.69) is 263 Å². The number of rotatable bonds is 6. The molecule has 0 saturated heterocycles. The van der Waals surface area contributed by atoms with E-state index in [9.17, 15) is 0 Å². The van der Waals surface area contributed by atoms with Gasteiger partial charge in [-0.1, -0.05) is 194 Å². The zero-order chi connectivity index (χ0) is 68.1. The molecule has 20 radical (unpaired) electrons. The van der Waals surface area contributed by atoms with Crippen molar-refractivity contribution in [2.45, 2.75) is 126 Å². The fraction of sp³-hybridized carbons (Fsp3) is 0.241. The van der Waals surface area contributed by atoms with Gasteiger partial charge in [0.1, 0.15) is 78.5 Å². The van der Waals surface area contributed by atoms with Gasteiger partial charge in [-0.3, -0.25) is 0 Å². The molecule has 0 N–H and O–H groups in total. The van der Waals surface area contributed by atoms with E-state index in [1.54, 1.807) is 0 Å². The first kappa shape index (κ1) is 64.5. The summed E-state index contributed by atoms with van der Waals surface area (Å²) < 4.78 is 0. The van der Waals surface area contributed by atoms with Crippen LogP contribution in [0.5, 0.6) is 0 Å². The summed E-state index contributed by atoms with van der Waals surface area (Å²) >= 11 is 0. The van der Waals surface area contributed by atoms with Crippen molar-refractivity contribution < 1.29 is 0 Å². The lowest BCUT2D eigenvalue weighted by Crippen LogP contribution is -2.64. The molecule has 0 bridgehead atoms. The Labute approximate surface area is 578 Å². The quantitative estimate of drug-likeness (QED) is 0.177. The van der Waals surface area contributed by atoms with Crippen molar-refractivity contribution in [2.24, 2.45) is 0 Å². The Morgan fingerprint density at radius 3 is 1.32 bits per heavy atom. The third-order valence-corrected chi connectivity index (χ3v) is 21.1. The molecular weight excluding hydrogens is 1130 g/mol. The predicted octanol–water partition coefficient (Wildman–Crippen LogP) is 6.49. The van der Waals surface area contributed by atoms with Gasteiger partial charge in [0.05, 0.1) is 11.4 Å². The summed E-state index contributed by atoms with van der Waals surface area (Å²) in [5, 5.41) is 0. The maximum atomic E-state index is 7.45. The van der Waals surface area contributed by atoms with Gasteiger partial charge in [-0.25, -0.2) is 0 Å². The third-order valence-electron chi connectivity index (χ3n) is 21.1. The van der Waals surface area contributed by atoms with Gasteiger partial charge in [-0.15, -0.1) is 32.8 Å². The van der Waals surface area contributed by atoms with Crippen molar-refractivity contribution in [1.82, 2.24) is 0 Å². The van der Waals surface area contributed by atoms with Crippen molar-refractivity contribution >= 4 is 226 Å². The summed E-state index contributed by atoms with van der Waals surface area (Å²) in [4.78, 5) is 9.33. The fourth-order valence-corrected chi connectivity index (χ4v) is 15.9. The largest absolute Gasteiger partial charge is 0.421 e. The van der Waals surface area contributed by atoms with Crippen molar-refractivity contribution in [1.29, 1.82) is 0 Å². The Balaban J connectivity index is 1.17. The first-order valence-corrected chi connectivity index (χ1v) is 32.9. The number of anilines is 10. The van der Waals surface area contributed by atoms with Gasteiger partial charge in [0.2, 0.25) is 0 Å². The molecule has 1 aliphatic carbocycles. The Hall–Kier alpha value is -7.82. The van der Waals surface area contributed by atoms with E-state index in [1.807, 2.05) is 0 Å². The van der Waals surface area contributed by atoms with E-state index in [4.69, 9.17) is 78.5 Å². The molecule has 10 aromatic carbocycles. The normalized spacial score (nSPS) is 14.4. The Kier molecular flexibility index (Phi) is 15.0. The molecule has 3 heterocycles. The molecule has 0 fully saturated rings. The van der Waals surface area contributed by atoms with Crippen LogP contribution in [0.2, 0.25) is 0 Å². The van der Waals surface area contributed by atoms with Gasteiger partial charge in [0.15, 0.2) is 0 Å². The molecule has 16 heteroatoms. The highest BCUT2D eigenvalue weighted by Gasteiger charge is 2.52. The van der Waals surface area contributed by atoms with Crippen LogP contribution in [-0.2, 0) is 21.7 Å². The maximum Gasteiger partial charge on any atom is 0.421 e. The molecule has 440 valence electrons. The van der Waals surface area contributed by atoms with E-state index in [-0.39, 0.29) is 83.0 Å². The van der Waals surface area contributed by atoms with Gasteiger partial charge >= 0.3 is 6.98 Å². The van der Waals surface area contributed by atoms with E-state index >= 15 is 0 Å². The zero-order valence-corrected chi connectivity index (χ0v) is 57.5. The number of fused-ring (bicyclic) bond motifs is 8. The lowest BCUT2D eigenvalue weighted by Gasteiger charge is -2.46. The van der Waals surface area contributed by atoms with Gasteiger partial charge in [-0.05, 0) is 182 Å². The number of nitrogens with zero attached hydrogens (tertiary/aromatic N) is 4. The van der Waals surface area contributed by atoms with E-state index < -0.39 is 6.98 Å². The second kappa shape index (κ2) is 22.1. The fourth-order valence-electron chi connectivity index (χ4n) is 15.9. The highest BCUT2D eigenvalue weighted by Crippen LogP contribution is 2.55. The van der Waals surface area contributed by atoms with Crippen LogP contribution in [0.3, 0.4) is 0 Å². The summed E-state index contributed by atoms with van der Waals surface area (Å²) in [6, 6.07) is 52.4. The lowest BCUT2D eigenvalue weighted by atomic mass is 9.33. The Morgan fingerprint density at radius 2 is 0.789 bits per heavy atom. The smallest absolute Gasteiger partial charge is 0.361 e. The predicted molar refractivity (Wildman–Crippen MR) is 421 cm³/mol. The number of hydrogen-bond donors (Lipinski definition) is 0. The topological polar surface area (TPSA) is 13.0 Å². The molecule has 0 aromatic heterocycles. The van der Waals surface area contributed by atoms with Crippen LogP contribution in [0.4, 0.5) is 56.9 Å². The van der Waals surface area contributed by atoms with Crippen LogP contribution in [0.15, 0.2) is 140 Å². The Morgan fingerprint density at radius 1 is 0.347 bits per heavy atom. The molecule has 0 spiro atoms. The summed E-state index contributed by atoms with van der Waals surface area (Å²) in [7, 11) is 71.4. The highest BCUT2D eigenvalue weighted by molar-refractivity contribution is 7.00.